The monoisotopic (exact) mass is 738 g/mol. The second-order valence-electron chi connectivity index (χ2n) is 14.7. The maximum absolute atomic E-state index is 5.25. The summed E-state index contributed by atoms with van der Waals surface area (Å²) < 4.78 is 0. The van der Waals surface area contributed by atoms with Crippen molar-refractivity contribution in [3.63, 3.8) is 0 Å². The number of rotatable bonds is 6. The molecule has 0 aliphatic carbocycles. The van der Waals surface area contributed by atoms with Gasteiger partial charge in [0.25, 0.3) is 0 Å². The highest BCUT2D eigenvalue weighted by Crippen LogP contribution is 2.36. The topological polar surface area (TPSA) is 51.6 Å². The van der Waals surface area contributed by atoms with Crippen molar-refractivity contribution in [2.24, 2.45) is 0 Å². The molecular weight excluding hydrogens is 705 g/mol. The average molecular weight is 739 g/mol. The first-order valence-electron chi connectivity index (χ1n) is 19.5. The Morgan fingerprint density at radius 1 is 0.276 bits per heavy atom. The summed E-state index contributed by atoms with van der Waals surface area (Å²) >= 11 is 0. The van der Waals surface area contributed by atoms with Gasteiger partial charge >= 0.3 is 0 Å². The normalized spacial score (nSPS) is 11.4. The van der Waals surface area contributed by atoms with Crippen molar-refractivity contribution < 1.29 is 0 Å². The second kappa shape index (κ2) is 14.0. The van der Waals surface area contributed by atoms with Crippen LogP contribution in [0.3, 0.4) is 0 Å². The van der Waals surface area contributed by atoms with E-state index in [0.717, 1.165) is 88.4 Å². The first-order chi connectivity index (χ1) is 28.7. The molecule has 0 saturated carbocycles. The van der Waals surface area contributed by atoms with Gasteiger partial charge in [-0.25, -0.2) is 9.97 Å². The summed E-state index contributed by atoms with van der Waals surface area (Å²) in [7, 11) is 0. The Morgan fingerprint density at radius 3 is 1.43 bits per heavy atom. The van der Waals surface area contributed by atoms with Gasteiger partial charge in [-0.05, 0) is 99.1 Å². The minimum Gasteiger partial charge on any atom is -0.254 e. The van der Waals surface area contributed by atoms with Gasteiger partial charge in [0.05, 0.1) is 33.5 Å². The van der Waals surface area contributed by atoms with Gasteiger partial charge < -0.3 is 0 Å². The largest absolute Gasteiger partial charge is 0.254 e. The van der Waals surface area contributed by atoms with Gasteiger partial charge in [-0.15, -0.1) is 0 Å². The molecule has 11 rings (SSSR count). The molecule has 0 aliphatic heterocycles. The van der Waals surface area contributed by atoms with Crippen LogP contribution in [0.1, 0.15) is 0 Å². The number of hydrogen-bond donors (Lipinski definition) is 0. The third kappa shape index (κ3) is 6.14. The molecule has 4 heterocycles. The lowest BCUT2D eigenvalue weighted by atomic mass is 9.94. The summed E-state index contributed by atoms with van der Waals surface area (Å²) in [5, 5.41) is 4.38. The van der Waals surface area contributed by atoms with Crippen LogP contribution in [0.15, 0.2) is 207 Å². The smallest absolute Gasteiger partial charge is 0.0970 e. The number of hydrogen-bond acceptors (Lipinski definition) is 4. The predicted molar refractivity (Wildman–Crippen MR) is 240 cm³/mol. The van der Waals surface area contributed by atoms with Gasteiger partial charge in [-0.3, -0.25) is 9.97 Å². The molecule has 0 saturated heterocycles. The Bertz CT molecular complexity index is 3260. The zero-order valence-electron chi connectivity index (χ0n) is 31.4. The standard InChI is InChI=1S/C54H34N4/c1-3-8-35(9-4-1)44-30-45(36-10-5-2-6-11-36)32-46(31-44)50-26-23-40-18-20-43(34-52(40)58-50)42-19-17-39-22-25-49(57-51(39)33-42)38-15-13-37(14-16-38)47-27-29-56-54-48(47)24-21-41-12-7-28-55-53(41)54/h1-34H. The number of nitrogens with zero attached hydrogens (tertiary/aromatic N) is 4. The summed E-state index contributed by atoms with van der Waals surface area (Å²) in [6, 6.07) is 68.6. The molecule has 58 heavy (non-hydrogen) atoms. The highest BCUT2D eigenvalue weighted by molar-refractivity contribution is 6.08. The van der Waals surface area contributed by atoms with Crippen LogP contribution in [0.5, 0.6) is 0 Å². The number of pyridine rings is 4. The van der Waals surface area contributed by atoms with Crippen LogP contribution in [0, 0.1) is 0 Å². The Balaban J connectivity index is 0.922. The van der Waals surface area contributed by atoms with Crippen molar-refractivity contribution >= 4 is 43.6 Å². The molecule has 0 aliphatic rings. The van der Waals surface area contributed by atoms with Crippen LogP contribution < -0.4 is 0 Å². The molecule has 0 radical (unpaired) electrons. The van der Waals surface area contributed by atoms with Crippen molar-refractivity contribution in [1.82, 2.24) is 19.9 Å². The number of fused-ring (bicyclic) bond motifs is 5. The number of benzene rings is 7. The van der Waals surface area contributed by atoms with E-state index in [1.165, 1.54) is 22.3 Å². The van der Waals surface area contributed by atoms with E-state index in [4.69, 9.17) is 15.0 Å². The van der Waals surface area contributed by atoms with E-state index >= 15 is 0 Å². The summed E-state index contributed by atoms with van der Waals surface area (Å²) in [5.41, 5.74) is 16.9. The van der Waals surface area contributed by atoms with Gasteiger partial charge in [0.1, 0.15) is 0 Å². The molecular formula is C54H34N4. The Hall–Kier alpha value is -7.82. The second-order valence-corrected chi connectivity index (χ2v) is 14.7. The first-order valence-corrected chi connectivity index (χ1v) is 19.5. The zero-order chi connectivity index (χ0) is 38.4. The van der Waals surface area contributed by atoms with E-state index < -0.39 is 0 Å². The Morgan fingerprint density at radius 2 is 0.793 bits per heavy atom. The molecule has 0 spiro atoms. The Labute approximate surface area is 335 Å². The van der Waals surface area contributed by atoms with Crippen molar-refractivity contribution in [2.75, 3.05) is 0 Å². The van der Waals surface area contributed by atoms with E-state index in [2.05, 4.69) is 193 Å². The van der Waals surface area contributed by atoms with E-state index in [-0.39, 0.29) is 0 Å². The third-order valence-corrected chi connectivity index (χ3v) is 11.1. The lowest BCUT2D eigenvalue weighted by molar-refractivity contribution is 1.37. The fourth-order valence-electron chi connectivity index (χ4n) is 8.11. The average Bonchev–Trinajstić information content (AvgIpc) is 3.31. The van der Waals surface area contributed by atoms with Gasteiger partial charge in [0.15, 0.2) is 0 Å². The molecule has 7 aromatic carbocycles. The minimum atomic E-state index is 0.917. The van der Waals surface area contributed by atoms with Crippen molar-refractivity contribution in [2.45, 2.75) is 0 Å². The maximum atomic E-state index is 5.25. The molecule has 270 valence electrons. The molecule has 0 amide bonds. The minimum absolute atomic E-state index is 0.917. The van der Waals surface area contributed by atoms with Crippen LogP contribution >= 0.6 is 0 Å². The fraction of sp³-hybridized carbons (Fsp3) is 0. The zero-order valence-corrected chi connectivity index (χ0v) is 31.4. The van der Waals surface area contributed by atoms with Gasteiger partial charge in [-0.2, -0.15) is 0 Å². The third-order valence-electron chi connectivity index (χ3n) is 11.1. The van der Waals surface area contributed by atoms with Crippen LogP contribution in [-0.2, 0) is 0 Å². The van der Waals surface area contributed by atoms with Crippen LogP contribution in [0.2, 0.25) is 0 Å². The van der Waals surface area contributed by atoms with E-state index in [1.54, 1.807) is 0 Å². The maximum Gasteiger partial charge on any atom is 0.0970 e. The van der Waals surface area contributed by atoms with Crippen molar-refractivity contribution in [1.29, 1.82) is 0 Å². The summed E-state index contributed by atoms with van der Waals surface area (Å²) in [5.74, 6) is 0. The fourth-order valence-corrected chi connectivity index (χ4v) is 8.11. The highest BCUT2D eigenvalue weighted by atomic mass is 14.7. The molecule has 4 nitrogen and oxygen atoms in total. The van der Waals surface area contributed by atoms with Gasteiger partial charge in [0, 0.05) is 45.1 Å². The van der Waals surface area contributed by atoms with Crippen molar-refractivity contribution in [3.8, 4) is 67.0 Å². The molecule has 4 heteroatoms. The van der Waals surface area contributed by atoms with Crippen molar-refractivity contribution in [3.05, 3.63) is 207 Å². The molecule has 0 atom stereocenters. The van der Waals surface area contributed by atoms with Gasteiger partial charge in [-0.1, -0.05) is 140 Å². The lowest BCUT2D eigenvalue weighted by Gasteiger charge is -2.12. The SMILES string of the molecule is c1ccc(-c2cc(-c3ccccc3)cc(-c3ccc4ccc(-c5ccc6ccc(-c7ccc(-c8ccnc9c8ccc8cccnc89)cc7)nc6c5)cc4n3)c2)cc1. The summed E-state index contributed by atoms with van der Waals surface area (Å²) in [6.07, 6.45) is 3.70. The van der Waals surface area contributed by atoms with Crippen LogP contribution in [-0.4, -0.2) is 19.9 Å². The number of aromatic nitrogens is 4. The molecule has 11 aromatic rings. The highest BCUT2D eigenvalue weighted by Gasteiger charge is 2.12. The predicted octanol–water partition coefficient (Wildman–Crippen LogP) is 13.9. The van der Waals surface area contributed by atoms with Gasteiger partial charge in [0.2, 0.25) is 0 Å². The molecule has 0 bridgehead atoms. The molecule has 0 unspecified atom stereocenters. The quantitative estimate of drug-likeness (QED) is 0.159. The first kappa shape index (κ1) is 33.5. The molecule has 0 fully saturated rings. The lowest BCUT2D eigenvalue weighted by Crippen LogP contribution is -1.90. The van der Waals surface area contributed by atoms with Crippen LogP contribution in [0.25, 0.3) is 111 Å². The van der Waals surface area contributed by atoms with E-state index in [9.17, 15) is 0 Å². The summed E-state index contributed by atoms with van der Waals surface area (Å²) in [6.45, 7) is 0. The molecule has 4 aromatic heterocycles. The van der Waals surface area contributed by atoms with E-state index in [1.807, 2.05) is 18.5 Å². The molecule has 0 N–H and O–H groups in total. The van der Waals surface area contributed by atoms with Crippen LogP contribution in [0.4, 0.5) is 0 Å². The summed E-state index contributed by atoms with van der Waals surface area (Å²) in [4.78, 5) is 19.7. The Kier molecular flexibility index (Phi) is 8.11. The van der Waals surface area contributed by atoms with E-state index in [0.29, 0.717) is 0 Å².